The fraction of sp³-hybridized carbons (Fsp3) is 0.533. The molecule has 0 unspecified atom stereocenters. The molecule has 0 amide bonds. The number of fused-ring (bicyclic) bond motifs is 1. The first-order valence-corrected chi connectivity index (χ1v) is 7.78. The van der Waals surface area contributed by atoms with Crippen molar-refractivity contribution in [2.24, 2.45) is 0 Å². The number of hydrogen-bond donors (Lipinski definition) is 1. The summed E-state index contributed by atoms with van der Waals surface area (Å²) in [5.74, 6) is 0. The van der Waals surface area contributed by atoms with Gasteiger partial charge in [-0.15, -0.1) is 0 Å². The molecule has 0 aliphatic heterocycles. The van der Waals surface area contributed by atoms with Crippen LogP contribution in [0.25, 0.3) is 10.2 Å². The zero-order chi connectivity index (χ0) is 13.7. The average Bonchev–Trinajstić information content (AvgIpc) is 2.80. The van der Waals surface area contributed by atoms with Gasteiger partial charge in [-0.25, -0.2) is 4.98 Å². The van der Waals surface area contributed by atoms with E-state index < -0.39 is 0 Å². The zero-order valence-electron chi connectivity index (χ0n) is 12.0. The lowest BCUT2D eigenvalue weighted by Gasteiger charge is -2.20. The summed E-state index contributed by atoms with van der Waals surface area (Å²) >= 11 is 1.73. The van der Waals surface area contributed by atoms with Gasteiger partial charge in [0.15, 0.2) is 5.13 Å². The minimum absolute atomic E-state index is 0.636. The van der Waals surface area contributed by atoms with Crippen molar-refractivity contribution in [1.29, 1.82) is 0 Å². The molecule has 4 heteroatoms. The predicted molar refractivity (Wildman–Crippen MR) is 85.1 cm³/mol. The third-order valence-electron chi connectivity index (χ3n) is 3.39. The molecule has 2 aromatic rings. The summed E-state index contributed by atoms with van der Waals surface area (Å²) in [6.45, 7) is 6.64. The van der Waals surface area contributed by atoms with Gasteiger partial charge in [0.25, 0.3) is 0 Å². The van der Waals surface area contributed by atoms with Crippen molar-refractivity contribution in [3.8, 4) is 0 Å². The van der Waals surface area contributed by atoms with Crippen molar-refractivity contribution in [2.45, 2.75) is 32.7 Å². The van der Waals surface area contributed by atoms with Gasteiger partial charge < -0.3 is 10.2 Å². The largest absolute Gasteiger partial charge is 0.361 e. The zero-order valence-corrected chi connectivity index (χ0v) is 12.8. The Bertz CT molecular complexity index is 474. The maximum Gasteiger partial charge on any atom is 0.183 e. The molecule has 19 heavy (non-hydrogen) atoms. The standard InChI is InChI=1S/C15H23N3S/c1-12(2)18(3)11-7-6-10-16-15-17-13-8-4-5-9-14(13)19-15/h4-5,8-9,12H,6-7,10-11H2,1-3H3,(H,16,17). The van der Waals surface area contributed by atoms with Gasteiger partial charge in [0, 0.05) is 12.6 Å². The van der Waals surface area contributed by atoms with Crippen molar-refractivity contribution in [3.63, 3.8) is 0 Å². The number of anilines is 1. The van der Waals surface area contributed by atoms with Gasteiger partial charge in [0.2, 0.25) is 0 Å². The van der Waals surface area contributed by atoms with Crippen LogP contribution in [0.1, 0.15) is 26.7 Å². The van der Waals surface area contributed by atoms with E-state index in [0.717, 1.165) is 17.2 Å². The van der Waals surface area contributed by atoms with Gasteiger partial charge in [0.1, 0.15) is 0 Å². The number of hydrogen-bond acceptors (Lipinski definition) is 4. The molecule has 0 fully saturated rings. The lowest BCUT2D eigenvalue weighted by atomic mass is 10.2. The van der Waals surface area contributed by atoms with Gasteiger partial charge in [-0.1, -0.05) is 23.5 Å². The molecule has 0 aliphatic rings. The number of nitrogens with zero attached hydrogens (tertiary/aromatic N) is 2. The number of benzene rings is 1. The van der Waals surface area contributed by atoms with Crippen LogP contribution in [0, 0.1) is 0 Å². The Balaban J connectivity index is 1.71. The second kappa shape index (κ2) is 6.87. The molecule has 1 N–H and O–H groups in total. The highest BCUT2D eigenvalue weighted by atomic mass is 32.1. The van der Waals surface area contributed by atoms with Gasteiger partial charge in [-0.2, -0.15) is 0 Å². The summed E-state index contributed by atoms with van der Waals surface area (Å²) in [6.07, 6.45) is 2.42. The Labute approximate surface area is 119 Å². The summed E-state index contributed by atoms with van der Waals surface area (Å²) in [7, 11) is 2.19. The van der Waals surface area contributed by atoms with E-state index in [9.17, 15) is 0 Å². The average molecular weight is 277 g/mol. The molecule has 1 heterocycles. The molecule has 0 aliphatic carbocycles. The quantitative estimate of drug-likeness (QED) is 0.780. The van der Waals surface area contributed by atoms with Crippen molar-refractivity contribution in [2.75, 3.05) is 25.5 Å². The van der Waals surface area contributed by atoms with Gasteiger partial charge in [-0.3, -0.25) is 0 Å². The van der Waals surface area contributed by atoms with Crippen LogP contribution in [0.4, 0.5) is 5.13 Å². The molecule has 0 spiro atoms. The summed E-state index contributed by atoms with van der Waals surface area (Å²) < 4.78 is 1.25. The van der Waals surface area contributed by atoms with Crippen molar-refractivity contribution < 1.29 is 0 Å². The van der Waals surface area contributed by atoms with Crippen LogP contribution >= 0.6 is 11.3 Å². The Morgan fingerprint density at radius 3 is 2.79 bits per heavy atom. The van der Waals surface area contributed by atoms with E-state index in [1.165, 1.54) is 24.1 Å². The molecular weight excluding hydrogens is 254 g/mol. The molecule has 0 bridgehead atoms. The predicted octanol–water partition coefficient (Wildman–Crippen LogP) is 3.83. The second-order valence-corrected chi connectivity index (χ2v) is 6.23. The fourth-order valence-electron chi connectivity index (χ4n) is 1.89. The third-order valence-corrected chi connectivity index (χ3v) is 4.38. The second-order valence-electron chi connectivity index (χ2n) is 5.19. The molecule has 0 saturated carbocycles. The highest BCUT2D eigenvalue weighted by Gasteiger charge is 2.03. The monoisotopic (exact) mass is 277 g/mol. The third kappa shape index (κ3) is 4.18. The number of unbranched alkanes of at least 4 members (excludes halogenated alkanes) is 1. The molecule has 1 aromatic carbocycles. The smallest absolute Gasteiger partial charge is 0.183 e. The summed E-state index contributed by atoms with van der Waals surface area (Å²) in [6, 6.07) is 8.92. The van der Waals surface area contributed by atoms with E-state index in [4.69, 9.17) is 0 Å². The maximum absolute atomic E-state index is 4.57. The van der Waals surface area contributed by atoms with E-state index in [2.05, 4.69) is 54.3 Å². The van der Waals surface area contributed by atoms with E-state index in [0.29, 0.717) is 6.04 Å². The van der Waals surface area contributed by atoms with E-state index >= 15 is 0 Å². The van der Waals surface area contributed by atoms with E-state index in [1.54, 1.807) is 11.3 Å². The minimum atomic E-state index is 0.636. The molecule has 2 rings (SSSR count). The molecule has 3 nitrogen and oxygen atoms in total. The normalized spacial score (nSPS) is 11.6. The maximum atomic E-state index is 4.57. The van der Waals surface area contributed by atoms with Crippen LogP contribution in [-0.2, 0) is 0 Å². The summed E-state index contributed by atoms with van der Waals surface area (Å²) in [5, 5.41) is 4.47. The van der Waals surface area contributed by atoms with Gasteiger partial charge in [-0.05, 0) is 52.4 Å². The lowest BCUT2D eigenvalue weighted by molar-refractivity contribution is 0.269. The van der Waals surface area contributed by atoms with Crippen molar-refractivity contribution in [1.82, 2.24) is 9.88 Å². The van der Waals surface area contributed by atoms with Crippen molar-refractivity contribution >= 4 is 26.7 Å². The number of aromatic nitrogens is 1. The van der Waals surface area contributed by atoms with Gasteiger partial charge in [0.05, 0.1) is 10.2 Å². The highest BCUT2D eigenvalue weighted by Crippen LogP contribution is 2.25. The Morgan fingerprint density at radius 2 is 2.05 bits per heavy atom. The van der Waals surface area contributed by atoms with Crippen LogP contribution in [0.15, 0.2) is 24.3 Å². The number of thiazole rings is 1. The van der Waals surface area contributed by atoms with Crippen LogP contribution < -0.4 is 5.32 Å². The summed E-state index contributed by atoms with van der Waals surface area (Å²) in [5.41, 5.74) is 1.09. The Morgan fingerprint density at radius 1 is 1.26 bits per heavy atom. The van der Waals surface area contributed by atoms with Crippen molar-refractivity contribution in [3.05, 3.63) is 24.3 Å². The van der Waals surface area contributed by atoms with Crippen LogP contribution in [0.2, 0.25) is 0 Å². The lowest BCUT2D eigenvalue weighted by Crippen LogP contribution is -2.27. The summed E-state index contributed by atoms with van der Waals surface area (Å²) in [4.78, 5) is 6.96. The SMILES string of the molecule is CC(C)N(C)CCCCNc1nc2ccccc2s1. The Kier molecular flexibility index (Phi) is 5.16. The molecule has 0 saturated heterocycles. The first-order valence-electron chi connectivity index (χ1n) is 6.96. The first kappa shape index (κ1) is 14.3. The number of rotatable bonds is 7. The van der Waals surface area contributed by atoms with Crippen LogP contribution in [0.3, 0.4) is 0 Å². The first-order chi connectivity index (χ1) is 9.16. The molecule has 0 radical (unpaired) electrons. The number of nitrogens with one attached hydrogen (secondary N) is 1. The van der Waals surface area contributed by atoms with E-state index in [-0.39, 0.29) is 0 Å². The van der Waals surface area contributed by atoms with Crippen LogP contribution in [-0.4, -0.2) is 36.1 Å². The highest BCUT2D eigenvalue weighted by molar-refractivity contribution is 7.22. The fourth-order valence-corrected chi connectivity index (χ4v) is 2.78. The molecule has 1 aromatic heterocycles. The van der Waals surface area contributed by atoms with Gasteiger partial charge >= 0.3 is 0 Å². The molecular formula is C15H23N3S. The minimum Gasteiger partial charge on any atom is -0.361 e. The number of para-hydroxylation sites is 1. The topological polar surface area (TPSA) is 28.2 Å². The van der Waals surface area contributed by atoms with Crippen LogP contribution in [0.5, 0.6) is 0 Å². The van der Waals surface area contributed by atoms with E-state index in [1.807, 2.05) is 6.07 Å². The molecule has 104 valence electrons. The Hall–Kier alpha value is -1.13. The molecule has 0 atom stereocenters.